The quantitative estimate of drug-likeness (QED) is 0.700. The van der Waals surface area contributed by atoms with E-state index >= 15 is 0 Å². The summed E-state index contributed by atoms with van der Waals surface area (Å²) in [4.78, 5) is 5.74. The van der Waals surface area contributed by atoms with Gasteiger partial charge in [0.25, 0.3) is 0 Å². The molecule has 0 aromatic heterocycles. The second-order valence-electron chi connectivity index (χ2n) is 9.61. The summed E-state index contributed by atoms with van der Waals surface area (Å²) < 4.78 is 0. The molecule has 0 unspecified atom stereocenters. The van der Waals surface area contributed by atoms with Crippen LogP contribution < -0.4 is 0 Å². The number of fused-ring (bicyclic) bond motifs is 5. The Bertz CT molecular complexity index is 1060. The van der Waals surface area contributed by atoms with Crippen LogP contribution in [-0.2, 0) is 11.4 Å². The number of hydrogen-bond acceptors (Lipinski definition) is 5. The van der Waals surface area contributed by atoms with E-state index in [9.17, 15) is 10.2 Å². The van der Waals surface area contributed by atoms with Crippen molar-refractivity contribution in [3.05, 3.63) is 64.7 Å². The Labute approximate surface area is 183 Å². The van der Waals surface area contributed by atoms with E-state index < -0.39 is 0 Å². The molecule has 0 heterocycles. The summed E-state index contributed by atoms with van der Waals surface area (Å²) in [5.74, 6) is 1.60. The standard InChI is InChI=1S/C26H28N2O3/c1-26-11-10-20-19-7-6-18(29)12-22(19)24(13-21(20)23(26)8-9-25(26)30)28-31-15-17-4-2-16(14-27)3-5-17/h2-7,12,20-21,23,25,29-30H,8-11,13,15H2,1H3/t20-,21-,23+,25+,26+/m1/s1. The van der Waals surface area contributed by atoms with Gasteiger partial charge < -0.3 is 15.1 Å². The lowest BCUT2D eigenvalue weighted by atomic mass is 9.55. The van der Waals surface area contributed by atoms with Gasteiger partial charge >= 0.3 is 0 Å². The lowest BCUT2D eigenvalue weighted by Gasteiger charge is -2.50. The van der Waals surface area contributed by atoms with Gasteiger partial charge in [0.1, 0.15) is 12.4 Å². The summed E-state index contributed by atoms with van der Waals surface area (Å²) in [7, 11) is 0. The van der Waals surface area contributed by atoms with Crippen molar-refractivity contribution in [3.8, 4) is 11.8 Å². The highest BCUT2D eigenvalue weighted by Gasteiger charge is 2.55. The third kappa shape index (κ3) is 3.40. The minimum atomic E-state index is -0.215. The molecular weight excluding hydrogens is 388 g/mol. The van der Waals surface area contributed by atoms with Crippen molar-refractivity contribution in [1.82, 2.24) is 0 Å². The van der Waals surface area contributed by atoms with Crippen LogP contribution in [0, 0.1) is 28.6 Å². The molecule has 0 aliphatic heterocycles. The Morgan fingerprint density at radius 3 is 2.74 bits per heavy atom. The van der Waals surface area contributed by atoms with E-state index in [0.717, 1.165) is 48.9 Å². The molecule has 2 aromatic rings. The molecule has 3 aliphatic carbocycles. The highest BCUT2D eigenvalue weighted by atomic mass is 16.6. The number of rotatable bonds is 3. The van der Waals surface area contributed by atoms with Gasteiger partial charge in [-0.15, -0.1) is 0 Å². The first kappa shape index (κ1) is 20.1. The van der Waals surface area contributed by atoms with Gasteiger partial charge in [0.15, 0.2) is 0 Å². The SMILES string of the molecule is C[C@]12CC[C@@H]3c4ccc(O)cc4C(=NOCc4ccc(C#N)cc4)C[C@H]3[C@@H]1CC[C@@H]2O. The largest absolute Gasteiger partial charge is 0.508 e. The summed E-state index contributed by atoms with van der Waals surface area (Å²) in [5, 5.41) is 34.3. The minimum absolute atomic E-state index is 0.00988. The molecule has 160 valence electrons. The average Bonchev–Trinajstić information content (AvgIpc) is 3.09. The van der Waals surface area contributed by atoms with Crippen LogP contribution >= 0.6 is 0 Å². The molecular formula is C26H28N2O3. The number of aliphatic hydroxyl groups is 1. The average molecular weight is 417 g/mol. The van der Waals surface area contributed by atoms with E-state index in [-0.39, 0.29) is 17.3 Å². The zero-order chi connectivity index (χ0) is 21.6. The van der Waals surface area contributed by atoms with Crippen molar-refractivity contribution in [2.45, 2.75) is 57.7 Å². The number of phenols is 1. The molecule has 5 nitrogen and oxygen atoms in total. The summed E-state index contributed by atoms with van der Waals surface area (Å²) in [6.45, 7) is 2.59. The molecule has 0 amide bonds. The highest BCUT2D eigenvalue weighted by molar-refractivity contribution is 6.03. The van der Waals surface area contributed by atoms with Gasteiger partial charge in [0.2, 0.25) is 0 Å². The zero-order valence-corrected chi connectivity index (χ0v) is 17.8. The number of oxime groups is 1. The van der Waals surface area contributed by atoms with Gasteiger partial charge in [-0.1, -0.05) is 30.3 Å². The Balaban J connectivity index is 1.43. The maximum Gasteiger partial charge on any atom is 0.142 e. The van der Waals surface area contributed by atoms with Crippen LogP contribution in [0.5, 0.6) is 5.75 Å². The van der Waals surface area contributed by atoms with Gasteiger partial charge in [-0.25, -0.2) is 0 Å². The van der Waals surface area contributed by atoms with E-state index in [1.54, 1.807) is 18.2 Å². The van der Waals surface area contributed by atoms with E-state index in [1.807, 2.05) is 24.3 Å². The molecule has 0 radical (unpaired) electrons. The Hall–Kier alpha value is -2.84. The van der Waals surface area contributed by atoms with Crippen LogP contribution in [0.4, 0.5) is 0 Å². The lowest BCUT2D eigenvalue weighted by Crippen LogP contribution is -2.45. The zero-order valence-electron chi connectivity index (χ0n) is 17.8. The van der Waals surface area contributed by atoms with Gasteiger partial charge in [-0.05, 0) is 90.7 Å². The third-order valence-corrected chi connectivity index (χ3v) is 8.05. The second kappa shape index (κ2) is 7.69. The minimum Gasteiger partial charge on any atom is -0.508 e. The summed E-state index contributed by atoms with van der Waals surface area (Å²) >= 11 is 0. The molecule has 5 atom stereocenters. The van der Waals surface area contributed by atoms with Crippen molar-refractivity contribution < 1.29 is 15.1 Å². The summed E-state index contributed by atoms with van der Waals surface area (Å²) in [5.41, 5.74) is 4.69. The molecule has 2 N–H and O–H groups in total. The highest BCUT2D eigenvalue weighted by Crippen LogP contribution is 2.61. The predicted molar refractivity (Wildman–Crippen MR) is 118 cm³/mol. The first-order valence-corrected chi connectivity index (χ1v) is 11.2. The maximum absolute atomic E-state index is 10.7. The Morgan fingerprint density at radius 2 is 1.97 bits per heavy atom. The lowest BCUT2D eigenvalue weighted by molar-refractivity contribution is -0.0179. The van der Waals surface area contributed by atoms with Crippen molar-refractivity contribution >= 4 is 5.71 Å². The summed E-state index contributed by atoms with van der Waals surface area (Å²) in [6.07, 6.45) is 4.64. The molecule has 5 rings (SSSR count). The predicted octanol–water partition coefficient (Wildman–Crippen LogP) is 4.86. The number of aliphatic hydroxyl groups excluding tert-OH is 1. The van der Waals surface area contributed by atoms with Gasteiger partial charge in [0, 0.05) is 5.56 Å². The van der Waals surface area contributed by atoms with E-state index in [0.29, 0.717) is 29.9 Å². The number of phenolic OH excluding ortho intramolecular Hbond substituents is 1. The molecule has 5 heteroatoms. The van der Waals surface area contributed by atoms with Crippen molar-refractivity contribution in [2.24, 2.45) is 22.4 Å². The van der Waals surface area contributed by atoms with E-state index in [1.165, 1.54) is 5.56 Å². The van der Waals surface area contributed by atoms with Crippen LogP contribution in [0.25, 0.3) is 0 Å². The number of benzene rings is 2. The normalized spacial score (nSPS) is 32.6. The first-order chi connectivity index (χ1) is 15.0. The van der Waals surface area contributed by atoms with E-state index in [2.05, 4.69) is 18.1 Å². The number of aromatic hydroxyl groups is 1. The van der Waals surface area contributed by atoms with E-state index in [4.69, 9.17) is 10.1 Å². The third-order valence-electron chi connectivity index (χ3n) is 8.05. The smallest absolute Gasteiger partial charge is 0.142 e. The molecule has 31 heavy (non-hydrogen) atoms. The van der Waals surface area contributed by atoms with Gasteiger partial charge in [-0.2, -0.15) is 5.26 Å². The van der Waals surface area contributed by atoms with Crippen molar-refractivity contribution in [2.75, 3.05) is 0 Å². The van der Waals surface area contributed by atoms with Crippen LogP contribution in [-0.4, -0.2) is 22.0 Å². The topological polar surface area (TPSA) is 85.8 Å². The van der Waals surface area contributed by atoms with Crippen molar-refractivity contribution in [1.29, 1.82) is 5.26 Å². The first-order valence-electron chi connectivity index (χ1n) is 11.2. The molecule has 2 saturated carbocycles. The van der Waals surface area contributed by atoms with Crippen LogP contribution in [0.15, 0.2) is 47.6 Å². The number of nitrogens with zero attached hydrogens (tertiary/aromatic N) is 2. The fraction of sp³-hybridized carbons (Fsp3) is 0.462. The van der Waals surface area contributed by atoms with Gasteiger partial charge in [0.05, 0.1) is 23.4 Å². The fourth-order valence-electron chi connectivity index (χ4n) is 6.33. The maximum atomic E-state index is 10.7. The molecule has 3 aliphatic rings. The molecule has 0 spiro atoms. The Kier molecular flexibility index (Phi) is 4.98. The fourth-order valence-corrected chi connectivity index (χ4v) is 6.33. The Morgan fingerprint density at radius 1 is 1.16 bits per heavy atom. The number of nitriles is 1. The molecule has 2 aromatic carbocycles. The summed E-state index contributed by atoms with van der Waals surface area (Å²) in [6, 6.07) is 15.1. The molecule has 2 fully saturated rings. The monoisotopic (exact) mass is 416 g/mol. The molecule has 0 saturated heterocycles. The van der Waals surface area contributed by atoms with Crippen LogP contribution in [0.3, 0.4) is 0 Å². The van der Waals surface area contributed by atoms with Gasteiger partial charge in [-0.3, -0.25) is 0 Å². The van der Waals surface area contributed by atoms with Crippen LogP contribution in [0.2, 0.25) is 0 Å². The number of hydrogen-bond donors (Lipinski definition) is 2. The second-order valence-corrected chi connectivity index (χ2v) is 9.61. The molecule has 0 bridgehead atoms. The van der Waals surface area contributed by atoms with Crippen LogP contribution in [0.1, 0.15) is 67.2 Å². The van der Waals surface area contributed by atoms with Crippen molar-refractivity contribution in [3.63, 3.8) is 0 Å².